The van der Waals surface area contributed by atoms with E-state index in [9.17, 15) is 0 Å². The molecular formula is C13H15N3O. The first-order valence-electron chi connectivity index (χ1n) is 5.67. The van der Waals surface area contributed by atoms with Crippen molar-refractivity contribution >= 4 is 6.34 Å². The highest BCUT2D eigenvalue weighted by molar-refractivity contribution is 5.57. The van der Waals surface area contributed by atoms with Crippen molar-refractivity contribution in [3.05, 3.63) is 35.9 Å². The monoisotopic (exact) mass is 229 g/mol. The number of hydrogen-bond acceptors (Lipinski definition) is 3. The predicted molar refractivity (Wildman–Crippen MR) is 65.4 cm³/mol. The fraction of sp³-hybridized carbons (Fsp3) is 0.385. The van der Waals surface area contributed by atoms with Crippen LogP contribution in [-0.2, 0) is 4.74 Å². The van der Waals surface area contributed by atoms with Crippen LogP contribution in [0.4, 0.5) is 0 Å². The summed E-state index contributed by atoms with van der Waals surface area (Å²) in [5, 5.41) is 8.46. The lowest BCUT2D eigenvalue weighted by Gasteiger charge is -2.38. The molecule has 1 aliphatic heterocycles. The van der Waals surface area contributed by atoms with Crippen LogP contribution in [0.3, 0.4) is 0 Å². The maximum atomic E-state index is 8.46. The van der Waals surface area contributed by atoms with Gasteiger partial charge in [-0.2, -0.15) is 10.3 Å². The Bertz CT molecular complexity index is 424. The zero-order valence-corrected chi connectivity index (χ0v) is 9.78. The van der Waals surface area contributed by atoms with Gasteiger partial charge in [-0.15, -0.1) is 0 Å². The van der Waals surface area contributed by atoms with Crippen LogP contribution in [0.15, 0.2) is 35.3 Å². The topological polar surface area (TPSA) is 48.6 Å². The molecule has 0 aliphatic carbocycles. The summed E-state index contributed by atoms with van der Waals surface area (Å²) in [6.45, 7) is 3.51. The molecule has 1 aromatic carbocycles. The standard InChI is InChI=1S/C13H15N3O/c1-11-13(12-5-3-2-4-6-12)17-8-7-16(11)10-15-9-14/h2-6,10-11,13H,7-8H2,1H3/t11-,13-/m1/s1. The van der Waals surface area contributed by atoms with Gasteiger partial charge in [0.15, 0.2) is 0 Å². The molecule has 4 heteroatoms. The lowest BCUT2D eigenvalue weighted by atomic mass is 10.0. The quantitative estimate of drug-likeness (QED) is 0.442. The Labute approximate surface area is 101 Å². The third kappa shape index (κ3) is 2.63. The molecule has 0 amide bonds. The highest BCUT2D eigenvalue weighted by Crippen LogP contribution is 2.27. The molecule has 2 atom stereocenters. The molecule has 1 aromatic rings. The van der Waals surface area contributed by atoms with Gasteiger partial charge in [-0.3, -0.25) is 0 Å². The van der Waals surface area contributed by atoms with Gasteiger partial charge in [0.1, 0.15) is 12.4 Å². The van der Waals surface area contributed by atoms with Crippen LogP contribution in [0.2, 0.25) is 0 Å². The van der Waals surface area contributed by atoms with Crippen molar-refractivity contribution in [1.29, 1.82) is 5.26 Å². The van der Waals surface area contributed by atoms with Crippen molar-refractivity contribution in [1.82, 2.24) is 4.90 Å². The number of ether oxygens (including phenoxy) is 1. The lowest BCUT2D eigenvalue weighted by Crippen LogP contribution is -2.44. The summed E-state index contributed by atoms with van der Waals surface area (Å²) >= 11 is 0. The van der Waals surface area contributed by atoms with Gasteiger partial charge in [-0.05, 0) is 12.5 Å². The van der Waals surface area contributed by atoms with Crippen LogP contribution < -0.4 is 0 Å². The highest BCUT2D eigenvalue weighted by Gasteiger charge is 2.28. The van der Waals surface area contributed by atoms with Gasteiger partial charge >= 0.3 is 0 Å². The average molecular weight is 229 g/mol. The number of benzene rings is 1. The van der Waals surface area contributed by atoms with Crippen LogP contribution in [0.5, 0.6) is 0 Å². The second-order valence-electron chi connectivity index (χ2n) is 4.03. The van der Waals surface area contributed by atoms with Crippen molar-refractivity contribution in [2.45, 2.75) is 19.1 Å². The molecule has 88 valence electrons. The molecule has 1 aliphatic rings. The van der Waals surface area contributed by atoms with E-state index in [1.807, 2.05) is 23.1 Å². The fourth-order valence-corrected chi connectivity index (χ4v) is 2.08. The first-order valence-corrected chi connectivity index (χ1v) is 5.67. The van der Waals surface area contributed by atoms with Gasteiger partial charge in [0, 0.05) is 6.54 Å². The van der Waals surface area contributed by atoms with Gasteiger partial charge in [-0.1, -0.05) is 30.3 Å². The Kier molecular flexibility index (Phi) is 3.73. The number of nitrogens with zero attached hydrogens (tertiary/aromatic N) is 3. The Morgan fingerprint density at radius 1 is 1.47 bits per heavy atom. The molecule has 0 spiro atoms. The smallest absolute Gasteiger partial charge is 0.207 e. The van der Waals surface area contributed by atoms with E-state index >= 15 is 0 Å². The summed E-state index contributed by atoms with van der Waals surface area (Å²) in [6.07, 6.45) is 3.41. The SMILES string of the molecule is C[C@@H]1[C@H](c2ccccc2)OCCN1C=NC#N. The van der Waals surface area contributed by atoms with Crippen LogP contribution in [0.25, 0.3) is 0 Å². The minimum absolute atomic E-state index is 0.0371. The van der Waals surface area contributed by atoms with E-state index in [2.05, 4.69) is 24.0 Å². The van der Waals surface area contributed by atoms with Gasteiger partial charge in [-0.25, -0.2) is 0 Å². The van der Waals surface area contributed by atoms with Crippen molar-refractivity contribution in [2.75, 3.05) is 13.2 Å². The number of aliphatic imine (C=N–C) groups is 1. The molecule has 1 heterocycles. The van der Waals surface area contributed by atoms with Crippen molar-refractivity contribution in [2.24, 2.45) is 4.99 Å². The molecule has 2 rings (SSSR count). The third-order valence-electron chi connectivity index (χ3n) is 3.00. The molecule has 4 nitrogen and oxygen atoms in total. The fourth-order valence-electron chi connectivity index (χ4n) is 2.08. The summed E-state index contributed by atoms with van der Waals surface area (Å²) in [7, 11) is 0. The first-order chi connectivity index (χ1) is 8.33. The Balaban J connectivity index is 2.14. The summed E-state index contributed by atoms with van der Waals surface area (Å²) in [5.74, 6) is 0. The predicted octanol–water partition coefficient (Wildman–Crippen LogP) is 1.96. The Morgan fingerprint density at radius 3 is 2.94 bits per heavy atom. The molecule has 1 fully saturated rings. The number of morpholine rings is 1. The number of nitriles is 1. The molecule has 17 heavy (non-hydrogen) atoms. The zero-order valence-electron chi connectivity index (χ0n) is 9.78. The third-order valence-corrected chi connectivity index (χ3v) is 3.00. The first kappa shape index (κ1) is 11.6. The molecule has 0 N–H and O–H groups in total. The maximum Gasteiger partial charge on any atom is 0.207 e. The van der Waals surface area contributed by atoms with E-state index in [1.165, 1.54) is 0 Å². The molecule has 0 saturated carbocycles. The number of rotatable bonds is 2. The van der Waals surface area contributed by atoms with Gasteiger partial charge < -0.3 is 9.64 Å². The van der Waals surface area contributed by atoms with Crippen LogP contribution in [-0.4, -0.2) is 30.4 Å². The van der Waals surface area contributed by atoms with E-state index < -0.39 is 0 Å². The van der Waals surface area contributed by atoms with E-state index in [4.69, 9.17) is 10.00 Å². The zero-order chi connectivity index (χ0) is 12.1. The van der Waals surface area contributed by atoms with Gasteiger partial charge in [0.2, 0.25) is 6.19 Å². The van der Waals surface area contributed by atoms with Crippen molar-refractivity contribution in [3.8, 4) is 6.19 Å². The van der Waals surface area contributed by atoms with E-state index in [-0.39, 0.29) is 12.1 Å². The average Bonchev–Trinajstić information content (AvgIpc) is 2.39. The van der Waals surface area contributed by atoms with Crippen LogP contribution >= 0.6 is 0 Å². The Morgan fingerprint density at radius 2 is 2.24 bits per heavy atom. The van der Waals surface area contributed by atoms with Crippen LogP contribution in [0, 0.1) is 11.5 Å². The maximum absolute atomic E-state index is 8.46. The minimum atomic E-state index is 0.0371. The molecule has 0 bridgehead atoms. The van der Waals surface area contributed by atoms with Crippen LogP contribution in [0.1, 0.15) is 18.6 Å². The number of hydrogen-bond donors (Lipinski definition) is 0. The molecule has 0 aromatic heterocycles. The normalized spacial score (nSPS) is 24.8. The second-order valence-corrected chi connectivity index (χ2v) is 4.03. The minimum Gasteiger partial charge on any atom is -0.370 e. The summed E-state index contributed by atoms with van der Waals surface area (Å²) in [6, 6.07) is 10.3. The molecule has 0 radical (unpaired) electrons. The summed E-state index contributed by atoms with van der Waals surface area (Å²) < 4.78 is 5.80. The summed E-state index contributed by atoms with van der Waals surface area (Å²) in [4.78, 5) is 5.67. The lowest BCUT2D eigenvalue weighted by molar-refractivity contribution is -0.0395. The van der Waals surface area contributed by atoms with Gasteiger partial charge in [0.05, 0.1) is 12.6 Å². The van der Waals surface area contributed by atoms with E-state index in [1.54, 1.807) is 12.5 Å². The Hall–Kier alpha value is -1.86. The van der Waals surface area contributed by atoms with Crippen molar-refractivity contribution in [3.63, 3.8) is 0 Å². The summed E-state index contributed by atoms with van der Waals surface area (Å²) in [5.41, 5.74) is 1.16. The van der Waals surface area contributed by atoms with Crippen molar-refractivity contribution < 1.29 is 4.74 Å². The molecular weight excluding hydrogens is 214 g/mol. The molecule has 0 unspecified atom stereocenters. The molecule has 1 saturated heterocycles. The highest BCUT2D eigenvalue weighted by atomic mass is 16.5. The van der Waals surface area contributed by atoms with E-state index in [0.717, 1.165) is 12.1 Å². The second kappa shape index (κ2) is 5.46. The van der Waals surface area contributed by atoms with E-state index in [0.29, 0.717) is 6.61 Å². The largest absolute Gasteiger partial charge is 0.370 e. The van der Waals surface area contributed by atoms with Gasteiger partial charge in [0.25, 0.3) is 0 Å².